The van der Waals surface area contributed by atoms with Gasteiger partial charge in [-0.05, 0) is 53.8 Å². The maximum atomic E-state index is 12.9. The Hall–Kier alpha value is -2.82. The van der Waals surface area contributed by atoms with Crippen molar-refractivity contribution in [2.45, 2.75) is 65.2 Å². The van der Waals surface area contributed by atoms with E-state index in [1.807, 2.05) is 29.2 Å². The minimum absolute atomic E-state index is 0.0835. The molecule has 0 aromatic heterocycles. The summed E-state index contributed by atoms with van der Waals surface area (Å²) < 4.78 is 0. The number of nitrogens with one attached hydrogen (secondary N) is 1. The number of hydrogen-bond donors (Lipinski definition) is 1. The molecule has 5 heteroatoms. The largest absolute Gasteiger partial charge is 0.368 e. The lowest BCUT2D eigenvalue weighted by Gasteiger charge is -2.36. The average Bonchev–Trinajstić information content (AvgIpc) is 2.81. The zero-order valence-electron chi connectivity index (χ0n) is 20.7. The van der Waals surface area contributed by atoms with Crippen molar-refractivity contribution < 1.29 is 9.59 Å². The van der Waals surface area contributed by atoms with Gasteiger partial charge in [0.25, 0.3) is 5.91 Å². The van der Waals surface area contributed by atoms with E-state index in [0.717, 1.165) is 42.9 Å². The van der Waals surface area contributed by atoms with Gasteiger partial charge in [-0.25, -0.2) is 0 Å². The van der Waals surface area contributed by atoms with E-state index in [1.54, 1.807) is 0 Å². The first-order valence-electron chi connectivity index (χ1n) is 12.3. The molecule has 1 aliphatic heterocycles. The molecule has 0 radical (unpaired) electrons. The second kappa shape index (κ2) is 11.4. The van der Waals surface area contributed by atoms with Crippen molar-refractivity contribution in [1.29, 1.82) is 0 Å². The van der Waals surface area contributed by atoms with Crippen molar-refractivity contribution >= 4 is 23.2 Å². The molecule has 0 unspecified atom stereocenters. The molecular formula is C28H39N3O2. The number of anilines is 2. The fraction of sp³-hybridized carbons (Fsp3) is 0.500. The van der Waals surface area contributed by atoms with Gasteiger partial charge in [-0.1, -0.05) is 59.1 Å². The molecule has 0 atom stereocenters. The number of hydrogen-bond acceptors (Lipinski definition) is 3. The maximum Gasteiger partial charge on any atom is 0.253 e. The Morgan fingerprint density at radius 1 is 0.848 bits per heavy atom. The van der Waals surface area contributed by atoms with E-state index in [1.165, 1.54) is 18.4 Å². The lowest BCUT2D eigenvalue weighted by Crippen LogP contribution is -2.48. The molecule has 2 amide bonds. The summed E-state index contributed by atoms with van der Waals surface area (Å²) in [6.07, 6.45) is 5.00. The van der Waals surface area contributed by atoms with E-state index in [0.29, 0.717) is 19.5 Å². The second-order valence-electron chi connectivity index (χ2n) is 10.0. The van der Waals surface area contributed by atoms with Gasteiger partial charge < -0.3 is 15.1 Å². The molecule has 1 heterocycles. The molecule has 0 spiro atoms. The molecule has 178 valence electrons. The van der Waals surface area contributed by atoms with E-state index in [-0.39, 0.29) is 17.2 Å². The van der Waals surface area contributed by atoms with Crippen LogP contribution in [0.1, 0.15) is 75.7 Å². The van der Waals surface area contributed by atoms with Crippen molar-refractivity contribution in [3.8, 4) is 0 Å². The third-order valence-corrected chi connectivity index (χ3v) is 6.34. The number of carbonyl (C=O) groups is 2. The van der Waals surface area contributed by atoms with Crippen LogP contribution < -0.4 is 10.2 Å². The first kappa shape index (κ1) is 24.8. The summed E-state index contributed by atoms with van der Waals surface area (Å²) in [7, 11) is 0. The van der Waals surface area contributed by atoms with Crippen molar-refractivity contribution in [3.63, 3.8) is 0 Å². The minimum Gasteiger partial charge on any atom is -0.368 e. The standard InChI is InChI=1S/C28H39N3O2/c1-5-6-7-8-9-26(32)29-24-14-16-25(17-15-24)30-18-20-31(21-19-30)27(33)22-10-12-23(13-11-22)28(2,3)4/h10-17H,5-9,18-21H2,1-4H3,(H,29,32). The van der Waals surface area contributed by atoms with Crippen LogP contribution in [0.3, 0.4) is 0 Å². The Morgan fingerprint density at radius 2 is 1.48 bits per heavy atom. The highest BCUT2D eigenvalue weighted by Gasteiger charge is 2.23. The summed E-state index contributed by atoms with van der Waals surface area (Å²) in [6.45, 7) is 11.7. The quantitative estimate of drug-likeness (QED) is 0.514. The van der Waals surface area contributed by atoms with Crippen molar-refractivity contribution in [1.82, 2.24) is 4.90 Å². The molecule has 0 bridgehead atoms. The SMILES string of the molecule is CCCCCCC(=O)Nc1ccc(N2CCN(C(=O)c3ccc(C(C)(C)C)cc3)CC2)cc1. The summed E-state index contributed by atoms with van der Waals surface area (Å²) >= 11 is 0. The van der Waals surface area contributed by atoms with Gasteiger partial charge >= 0.3 is 0 Å². The van der Waals surface area contributed by atoms with Gasteiger partial charge in [0.05, 0.1) is 0 Å². The summed E-state index contributed by atoms with van der Waals surface area (Å²) in [6, 6.07) is 16.1. The zero-order chi connectivity index (χ0) is 23.8. The number of benzene rings is 2. The highest BCUT2D eigenvalue weighted by Crippen LogP contribution is 2.24. The van der Waals surface area contributed by atoms with E-state index in [4.69, 9.17) is 0 Å². The number of unbranched alkanes of at least 4 members (excludes halogenated alkanes) is 3. The van der Waals surface area contributed by atoms with Crippen molar-refractivity contribution in [3.05, 3.63) is 59.7 Å². The highest BCUT2D eigenvalue weighted by atomic mass is 16.2. The smallest absolute Gasteiger partial charge is 0.253 e. The third kappa shape index (κ3) is 7.08. The fourth-order valence-corrected chi connectivity index (χ4v) is 4.15. The van der Waals surface area contributed by atoms with Gasteiger partial charge in [0.15, 0.2) is 0 Å². The maximum absolute atomic E-state index is 12.9. The predicted molar refractivity (Wildman–Crippen MR) is 137 cm³/mol. The molecule has 2 aromatic rings. The predicted octanol–water partition coefficient (Wildman–Crippen LogP) is 5.86. The summed E-state index contributed by atoms with van der Waals surface area (Å²) in [5.41, 5.74) is 4.04. The van der Waals surface area contributed by atoms with Gasteiger partial charge in [0, 0.05) is 49.5 Å². The van der Waals surface area contributed by atoms with Crippen LogP contribution in [0.25, 0.3) is 0 Å². The van der Waals surface area contributed by atoms with Crippen LogP contribution in [0.2, 0.25) is 0 Å². The highest BCUT2D eigenvalue weighted by molar-refractivity contribution is 5.94. The Morgan fingerprint density at radius 3 is 2.06 bits per heavy atom. The molecular weight excluding hydrogens is 410 g/mol. The molecule has 1 aliphatic rings. The number of piperazine rings is 1. The van der Waals surface area contributed by atoms with Crippen LogP contribution in [0.4, 0.5) is 11.4 Å². The molecule has 33 heavy (non-hydrogen) atoms. The molecule has 0 saturated carbocycles. The molecule has 1 N–H and O–H groups in total. The van der Waals surface area contributed by atoms with Crippen molar-refractivity contribution in [2.24, 2.45) is 0 Å². The van der Waals surface area contributed by atoms with Crippen LogP contribution in [0, 0.1) is 0 Å². The molecule has 2 aromatic carbocycles. The monoisotopic (exact) mass is 449 g/mol. The molecule has 1 saturated heterocycles. The Balaban J connectivity index is 1.48. The fourth-order valence-electron chi connectivity index (χ4n) is 4.15. The summed E-state index contributed by atoms with van der Waals surface area (Å²) in [5.74, 6) is 0.189. The Kier molecular flexibility index (Phi) is 8.54. The topological polar surface area (TPSA) is 52.7 Å². The van der Waals surface area contributed by atoms with E-state index < -0.39 is 0 Å². The van der Waals surface area contributed by atoms with E-state index in [9.17, 15) is 9.59 Å². The molecule has 0 aliphatic carbocycles. The number of rotatable bonds is 8. The second-order valence-corrected chi connectivity index (χ2v) is 10.0. The van der Waals surface area contributed by atoms with E-state index in [2.05, 4.69) is 62.2 Å². The lowest BCUT2D eigenvalue weighted by molar-refractivity contribution is -0.116. The third-order valence-electron chi connectivity index (χ3n) is 6.34. The number of nitrogens with zero attached hydrogens (tertiary/aromatic N) is 2. The number of carbonyl (C=O) groups excluding carboxylic acids is 2. The first-order chi connectivity index (χ1) is 15.8. The zero-order valence-corrected chi connectivity index (χ0v) is 20.7. The van der Waals surface area contributed by atoms with Gasteiger partial charge in [-0.15, -0.1) is 0 Å². The van der Waals surface area contributed by atoms with Crippen LogP contribution in [0.15, 0.2) is 48.5 Å². The van der Waals surface area contributed by atoms with Crippen LogP contribution in [-0.2, 0) is 10.2 Å². The van der Waals surface area contributed by atoms with Crippen LogP contribution in [0.5, 0.6) is 0 Å². The van der Waals surface area contributed by atoms with Gasteiger partial charge in [0.1, 0.15) is 0 Å². The lowest BCUT2D eigenvalue weighted by atomic mass is 9.86. The Labute approximate surface area is 199 Å². The molecule has 1 fully saturated rings. The average molecular weight is 450 g/mol. The van der Waals surface area contributed by atoms with E-state index >= 15 is 0 Å². The first-order valence-corrected chi connectivity index (χ1v) is 12.3. The molecule has 5 nitrogen and oxygen atoms in total. The normalized spacial score (nSPS) is 14.3. The summed E-state index contributed by atoms with van der Waals surface area (Å²) in [5, 5.41) is 2.99. The van der Waals surface area contributed by atoms with Gasteiger partial charge in [-0.3, -0.25) is 9.59 Å². The van der Waals surface area contributed by atoms with Crippen LogP contribution >= 0.6 is 0 Å². The number of amides is 2. The van der Waals surface area contributed by atoms with Crippen molar-refractivity contribution in [2.75, 3.05) is 36.4 Å². The minimum atomic E-state index is 0.0835. The van der Waals surface area contributed by atoms with Crippen LogP contribution in [-0.4, -0.2) is 42.9 Å². The van der Waals surface area contributed by atoms with Gasteiger partial charge in [0.2, 0.25) is 5.91 Å². The Bertz CT molecular complexity index is 906. The molecule has 3 rings (SSSR count). The summed E-state index contributed by atoms with van der Waals surface area (Å²) in [4.78, 5) is 29.3. The van der Waals surface area contributed by atoms with Gasteiger partial charge in [-0.2, -0.15) is 0 Å².